The smallest absolute Gasteiger partial charge is 0.138 e. The third kappa shape index (κ3) is 4.75. The molecular formula is C14H27N5S. The molecule has 0 aliphatic heterocycles. The molecule has 5 nitrogen and oxygen atoms in total. The molecule has 2 rings (SSSR count). The topological polar surface area (TPSA) is 68.8 Å². The molecule has 0 saturated heterocycles. The van der Waals surface area contributed by atoms with Gasteiger partial charge in [-0.05, 0) is 18.8 Å². The van der Waals surface area contributed by atoms with Crippen LogP contribution in [0.1, 0.15) is 45.4 Å². The number of thioether (sulfide) groups is 1. The fourth-order valence-electron chi connectivity index (χ4n) is 2.64. The number of nitrogens with one attached hydrogen (secondary N) is 1. The molecule has 1 aromatic heterocycles. The van der Waals surface area contributed by atoms with Gasteiger partial charge in [-0.25, -0.2) is 9.67 Å². The van der Waals surface area contributed by atoms with Crippen molar-refractivity contribution in [1.29, 1.82) is 0 Å². The summed E-state index contributed by atoms with van der Waals surface area (Å²) in [6.45, 7) is 5.31. The number of hydrazine groups is 1. The molecule has 3 N–H and O–H groups in total. The molecule has 1 aliphatic rings. The van der Waals surface area contributed by atoms with Crippen molar-refractivity contribution in [3.63, 3.8) is 0 Å². The zero-order valence-corrected chi connectivity index (χ0v) is 13.4. The maximum absolute atomic E-state index is 5.70. The second-order valence-corrected chi connectivity index (χ2v) is 7.39. The van der Waals surface area contributed by atoms with Gasteiger partial charge in [-0.2, -0.15) is 16.9 Å². The summed E-state index contributed by atoms with van der Waals surface area (Å²) in [6.07, 6.45) is 8.01. The fraction of sp³-hybridized carbons (Fsp3) is 0.857. The second-order valence-electron chi connectivity index (χ2n) is 6.06. The summed E-state index contributed by atoms with van der Waals surface area (Å²) in [5.74, 6) is 8.37. The lowest BCUT2D eigenvalue weighted by Gasteiger charge is -2.18. The Kier molecular flexibility index (Phi) is 6.32. The molecule has 114 valence electrons. The van der Waals surface area contributed by atoms with Crippen LogP contribution in [0, 0.1) is 5.92 Å². The van der Waals surface area contributed by atoms with E-state index < -0.39 is 0 Å². The van der Waals surface area contributed by atoms with Gasteiger partial charge < -0.3 is 0 Å². The lowest BCUT2D eigenvalue weighted by Crippen LogP contribution is -2.39. The Morgan fingerprint density at radius 2 is 2.20 bits per heavy atom. The summed E-state index contributed by atoms with van der Waals surface area (Å²) in [5.41, 5.74) is 2.94. The van der Waals surface area contributed by atoms with Gasteiger partial charge in [-0.15, -0.1) is 0 Å². The summed E-state index contributed by atoms with van der Waals surface area (Å²) >= 11 is 2.06. The lowest BCUT2D eigenvalue weighted by atomic mass is 10.2. The summed E-state index contributed by atoms with van der Waals surface area (Å²) < 4.78 is 2.01. The van der Waals surface area contributed by atoms with E-state index in [9.17, 15) is 0 Å². The average Bonchev–Trinajstić information content (AvgIpc) is 3.06. The zero-order valence-electron chi connectivity index (χ0n) is 12.6. The van der Waals surface area contributed by atoms with Crippen molar-refractivity contribution in [2.45, 2.75) is 63.8 Å². The summed E-state index contributed by atoms with van der Waals surface area (Å²) in [6, 6.07) is 0.274. The average molecular weight is 297 g/mol. The third-order valence-electron chi connectivity index (χ3n) is 3.73. The maximum Gasteiger partial charge on any atom is 0.138 e. The van der Waals surface area contributed by atoms with E-state index in [1.54, 1.807) is 6.33 Å². The summed E-state index contributed by atoms with van der Waals surface area (Å²) in [5, 5.41) is 5.14. The van der Waals surface area contributed by atoms with Crippen molar-refractivity contribution in [3.05, 3.63) is 12.2 Å². The third-order valence-corrected chi connectivity index (χ3v) is 5.27. The van der Waals surface area contributed by atoms with Gasteiger partial charge in [-0.1, -0.05) is 26.7 Å². The van der Waals surface area contributed by atoms with E-state index in [-0.39, 0.29) is 6.04 Å². The van der Waals surface area contributed by atoms with E-state index in [1.807, 2.05) is 4.68 Å². The number of nitrogens with zero attached hydrogens (tertiary/aromatic N) is 3. The van der Waals surface area contributed by atoms with Crippen LogP contribution in [0.2, 0.25) is 0 Å². The standard InChI is InChI=1S/C14H27N5S/c1-11(2)8-19-14(16-10-17-19)7-12(18-15)9-20-13-5-3-4-6-13/h10-13,18H,3-9,15H2,1-2H3. The highest BCUT2D eigenvalue weighted by atomic mass is 32.2. The molecule has 0 spiro atoms. The van der Waals surface area contributed by atoms with Crippen LogP contribution in [0.3, 0.4) is 0 Å². The molecule has 0 bridgehead atoms. The SMILES string of the molecule is CC(C)Cn1ncnc1CC(CSC1CCCC1)NN. The second kappa shape index (κ2) is 8.00. The minimum atomic E-state index is 0.274. The highest BCUT2D eigenvalue weighted by Gasteiger charge is 2.19. The highest BCUT2D eigenvalue weighted by molar-refractivity contribution is 7.99. The van der Waals surface area contributed by atoms with Crippen molar-refractivity contribution in [2.24, 2.45) is 11.8 Å². The molecule has 1 aliphatic carbocycles. The van der Waals surface area contributed by atoms with Crippen molar-refractivity contribution in [3.8, 4) is 0 Å². The molecule has 1 atom stereocenters. The van der Waals surface area contributed by atoms with Gasteiger partial charge in [0.05, 0.1) is 0 Å². The predicted molar refractivity (Wildman–Crippen MR) is 84.4 cm³/mol. The first kappa shape index (κ1) is 15.8. The Labute approximate surface area is 126 Å². The molecule has 1 aromatic rings. The van der Waals surface area contributed by atoms with Crippen molar-refractivity contribution in [2.75, 3.05) is 5.75 Å². The molecule has 6 heteroatoms. The van der Waals surface area contributed by atoms with Gasteiger partial charge >= 0.3 is 0 Å². The van der Waals surface area contributed by atoms with Crippen molar-refractivity contribution < 1.29 is 0 Å². The first-order valence-electron chi connectivity index (χ1n) is 7.63. The molecule has 0 amide bonds. The normalized spacial score (nSPS) is 18.0. The predicted octanol–water partition coefficient (Wildman–Crippen LogP) is 1.98. The van der Waals surface area contributed by atoms with Crippen LogP contribution < -0.4 is 11.3 Å². The van der Waals surface area contributed by atoms with Gasteiger partial charge in [0.2, 0.25) is 0 Å². The monoisotopic (exact) mass is 297 g/mol. The molecular weight excluding hydrogens is 270 g/mol. The Bertz CT molecular complexity index is 387. The fourth-order valence-corrected chi connectivity index (χ4v) is 4.02. The van der Waals surface area contributed by atoms with Gasteiger partial charge in [0.15, 0.2) is 0 Å². The molecule has 1 heterocycles. The van der Waals surface area contributed by atoms with Gasteiger partial charge in [0.25, 0.3) is 0 Å². The summed E-state index contributed by atoms with van der Waals surface area (Å²) in [7, 11) is 0. The molecule has 1 fully saturated rings. The van der Waals surface area contributed by atoms with E-state index >= 15 is 0 Å². The summed E-state index contributed by atoms with van der Waals surface area (Å²) in [4.78, 5) is 4.38. The number of aromatic nitrogens is 3. The van der Waals surface area contributed by atoms with Crippen molar-refractivity contribution in [1.82, 2.24) is 20.2 Å². The Morgan fingerprint density at radius 1 is 1.45 bits per heavy atom. The first-order valence-corrected chi connectivity index (χ1v) is 8.68. The Morgan fingerprint density at radius 3 is 2.85 bits per heavy atom. The minimum absolute atomic E-state index is 0.274. The number of nitrogens with two attached hydrogens (primary N) is 1. The van der Waals surface area contributed by atoms with Crippen LogP contribution in [0.25, 0.3) is 0 Å². The van der Waals surface area contributed by atoms with E-state index in [0.29, 0.717) is 5.92 Å². The van der Waals surface area contributed by atoms with Crippen molar-refractivity contribution >= 4 is 11.8 Å². The van der Waals surface area contributed by atoms with Crippen LogP contribution in [-0.4, -0.2) is 31.8 Å². The van der Waals surface area contributed by atoms with E-state index in [4.69, 9.17) is 5.84 Å². The van der Waals surface area contributed by atoms with E-state index in [2.05, 4.69) is 41.1 Å². The molecule has 1 unspecified atom stereocenters. The van der Waals surface area contributed by atoms with Crippen LogP contribution in [0.5, 0.6) is 0 Å². The van der Waals surface area contributed by atoms with Crippen LogP contribution in [0.4, 0.5) is 0 Å². The zero-order chi connectivity index (χ0) is 14.4. The van der Waals surface area contributed by atoms with E-state index in [1.165, 1.54) is 25.7 Å². The quantitative estimate of drug-likeness (QED) is 0.567. The number of hydrogen-bond donors (Lipinski definition) is 2. The molecule has 1 saturated carbocycles. The largest absolute Gasteiger partial charge is 0.271 e. The lowest BCUT2D eigenvalue weighted by molar-refractivity contribution is 0.451. The van der Waals surface area contributed by atoms with Crippen LogP contribution in [-0.2, 0) is 13.0 Å². The Balaban J connectivity index is 1.84. The Hall–Kier alpha value is -0.590. The van der Waals surface area contributed by atoms with Gasteiger partial charge in [-0.3, -0.25) is 11.3 Å². The van der Waals surface area contributed by atoms with E-state index in [0.717, 1.165) is 29.8 Å². The van der Waals surface area contributed by atoms with Gasteiger partial charge in [0.1, 0.15) is 12.2 Å². The van der Waals surface area contributed by atoms with Crippen LogP contribution in [0.15, 0.2) is 6.33 Å². The molecule has 0 aromatic carbocycles. The molecule has 20 heavy (non-hydrogen) atoms. The number of rotatable bonds is 8. The molecule has 0 radical (unpaired) electrons. The maximum atomic E-state index is 5.70. The highest BCUT2D eigenvalue weighted by Crippen LogP contribution is 2.29. The van der Waals surface area contributed by atoms with Crippen LogP contribution >= 0.6 is 11.8 Å². The minimum Gasteiger partial charge on any atom is -0.271 e. The van der Waals surface area contributed by atoms with Gasteiger partial charge in [0, 0.05) is 30.0 Å². The first-order chi connectivity index (χ1) is 9.69. The number of hydrogen-bond acceptors (Lipinski definition) is 5.